The topological polar surface area (TPSA) is 66.5 Å². The molecule has 0 unspecified atom stereocenters. The van der Waals surface area contributed by atoms with Gasteiger partial charge in [-0.05, 0) is 42.8 Å². The number of hydrogen-bond donors (Lipinski definition) is 1. The molecule has 24 heavy (non-hydrogen) atoms. The summed E-state index contributed by atoms with van der Waals surface area (Å²) in [6, 6.07) is 13.9. The van der Waals surface area contributed by atoms with E-state index in [4.69, 9.17) is 11.6 Å². The van der Waals surface area contributed by atoms with Crippen molar-refractivity contribution in [2.75, 3.05) is 22.4 Å². The van der Waals surface area contributed by atoms with Crippen molar-refractivity contribution < 1.29 is 13.2 Å². The minimum atomic E-state index is -3.52. The Bertz CT molecular complexity index is 837. The first-order chi connectivity index (χ1) is 11.3. The lowest BCUT2D eigenvalue weighted by molar-refractivity contribution is -0.116. The van der Waals surface area contributed by atoms with Crippen molar-refractivity contribution >= 4 is 38.9 Å². The normalized spacial score (nSPS) is 11.1. The largest absolute Gasteiger partial charge is 0.326 e. The highest BCUT2D eigenvalue weighted by molar-refractivity contribution is 7.92. The van der Waals surface area contributed by atoms with Crippen LogP contribution in [0, 0.1) is 6.92 Å². The zero-order valence-electron chi connectivity index (χ0n) is 13.5. The summed E-state index contributed by atoms with van der Waals surface area (Å²) in [7, 11) is -3.52. The highest BCUT2D eigenvalue weighted by atomic mass is 35.5. The fourth-order valence-electron chi connectivity index (χ4n) is 2.27. The van der Waals surface area contributed by atoms with Crippen LogP contribution in [0.3, 0.4) is 0 Å². The maximum Gasteiger partial charge on any atom is 0.232 e. The fourth-order valence-corrected chi connectivity index (χ4v) is 3.37. The third-order valence-electron chi connectivity index (χ3n) is 3.34. The minimum absolute atomic E-state index is 0.0352. The molecule has 0 aliphatic rings. The van der Waals surface area contributed by atoms with Crippen LogP contribution in [0.2, 0.25) is 5.02 Å². The summed E-state index contributed by atoms with van der Waals surface area (Å²) >= 11 is 5.92. The van der Waals surface area contributed by atoms with Crippen molar-refractivity contribution in [2.45, 2.75) is 13.3 Å². The van der Waals surface area contributed by atoms with E-state index in [1.54, 1.807) is 30.3 Å². The lowest BCUT2D eigenvalue weighted by Crippen LogP contribution is -2.33. The molecule has 0 fully saturated rings. The highest BCUT2D eigenvalue weighted by Gasteiger charge is 2.18. The number of benzene rings is 2. The fraction of sp³-hybridized carbons (Fsp3) is 0.235. The van der Waals surface area contributed by atoms with Crippen molar-refractivity contribution in [3.63, 3.8) is 0 Å². The van der Waals surface area contributed by atoms with Crippen LogP contribution < -0.4 is 9.62 Å². The number of nitrogens with zero attached hydrogens (tertiary/aromatic N) is 1. The van der Waals surface area contributed by atoms with Crippen molar-refractivity contribution in [3.8, 4) is 0 Å². The molecule has 0 aliphatic heterocycles. The Hall–Kier alpha value is -2.05. The summed E-state index contributed by atoms with van der Waals surface area (Å²) < 4.78 is 25.2. The van der Waals surface area contributed by atoms with Gasteiger partial charge in [0.05, 0.1) is 11.9 Å². The Morgan fingerprint density at radius 2 is 1.88 bits per heavy atom. The third-order valence-corrected chi connectivity index (χ3v) is 4.77. The maximum absolute atomic E-state index is 12.1. The Balaban J connectivity index is 2.07. The Morgan fingerprint density at radius 3 is 2.50 bits per heavy atom. The number of carbonyl (C=O) groups excluding carboxylic acids is 1. The predicted octanol–water partition coefficient (Wildman–Crippen LogP) is 3.44. The summed E-state index contributed by atoms with van der Waals surface area (Å²) in [6.45, 7) is 1.97. The van der Waals surface area contributed by atoms with Gasteiger partial charge < -0.3 is 5.32 Å². The number of anilines is 2. The SMILES string of the molecule is Cc1cccc(NC(=O)CCN(c2cccc(Cl)c2)S(C)(=O)=O)c1. The van der Waals surface area contributed by atoms with Gasteiger partial charge in [0.1, 0.15) is 0 Å². The van der Waals surface area contributed by atoms with E-state index in [1.807, 2.05) is 25.1 Å². The zero-order valence-corrected chi connectivity index (χ0v) is 15.1. The molecule has 2 aromatic carbocycles. The van der Waals surface area contributed by atoms with Crippen LogP contribution in [0.25, 0.3) is 0 Å². The molecule has 0 bridgehead atoms. The molecule has 5 nitrogen and oxygen atoms in total. The van der Waals surface area contributed by atoms with Crippen LogP contribution >= 0.6 is 11.6 Å². The smallest absolute Gasteiger partial charge is 0.232 e. The van der Waals surface area contributed by atoms with Crippen molar-refractivity contribution in [1.82, 2.24) is 0 Å². The number of nitrogens with one attached hydrogen (secondary N) is 1. The van der Waals surface area contributed by atoms with Crippen molar-refractivity contribution in [1.29, 1.82) is 0 Å². The lowest BCUT2D eigenvalue weighted by atomic mass is 10.2. The molecule has 2 rings (SSSR count). The first-order valence-corrected chi connectivity index (χ1v) is 9.58. The minimum Gasteiger partial charge on any atom is -0.326 e. The third kappa shape index (κ3) is 5.25. The van der Waals surface area contributed by atoms with E-state index >= 15 is 0 Å². The summed E-state index contributed by atoms with van der Waals surface area (Å²) in [6.07, 6.45) is 1.14. The Kier molecular flexibility index (Phi) is 5.85. The van der Waals surface area contributed by atoms with E-state index in [0.29, 0.717) is 16.4 Å². The molecule has 1 N–H and O–H groups in total. The number of aryl methyl sites for hydroxylation is 1. The quantitative estimate of drug-likeness (QED) is 0.851. The highest BCUT2D eigenvalue weighted by Crippen LogP contribution is 2.22. The summed E-state index contributed by atoms with van der Waals surface area (Å²) in [5.74, 6) is -0.253. The average Bonchev–Trinajstić information content (AvgIpc) is 2.46. The molecule has 0 saturated heterocycles. The molecule has 2 aromatic rings. The molecule has 7 heteroatoms. The molecular weight excluding hydrogens is 348 g/mol. The van der Waals surface area contributed by atoms with Gasteiger partial charge in [-0.2, -0.15) is 0 Å². The van der Waals surface area contributed by atoms with E-state index in [2.05, 4.69) is 5.32 Å². The van der Waals surface area contributed by atoms with Gasteiger partial charge in [-0.15, -0.1) is 0 Å². The molecule has 0 saturated carbocycles. The van der Waals surface area contributed by atoms with E-state index < -0.39 is 10.0 Å². The number of carbonyl (C=O) groups is 1. The second-order valence-corrected chi connectivity index (χ2v) is 7.83. The second-order valence-electron chi connectivity index (χ2n) is 5.48. The second kappa shape index (κ2) is 7.68. The van der Waals surface area contributed by atoms with Crippen LogP contribution in [0.5, 0.6) is 0 Å². The molecule has 0 radical (unpaired) electrons. The van der Waals surface area contributed by atoms with Gasteiger partial charge in [0.25, 0.3) is 0 Å². The number of rotatable bonds is 6. The van der Waals surface area contributed by atoms with Crippen LogP contribution in [0.1, 0.15) is 12.0 Å². The van der Waals surface area contributed by atoms with E-state index in [0.717, 1.165) is 11.8 Å². The van der Waals surface area contributed by atoms with Crippen LogP contribution in [0.4, 0.5) is 11.4 Å². The Morgan fingerprint density at radius 1 is 1.17 bits per heavy atom. The molecule has 0 aliphatic carbocycles. The van der Waals surface area contributed by atoms with Crippen molar-refractivity contribution in [2.24, 2.45) is 0 Å². The summed E-state index contributed by atoms with van der Waals surface area (Å²) in [5.41, 5.74) is 2.16. The first-order valence-electron chi connectivity index (χ1n) is 7.35. The molecule has 0 aromatic heterocycles. The summed E-state index contributed by atoms with van der Waals surface area (Å²) in [5, 5.41) is 3.20. The van der Waals surface area contributed by atoms with Crippen LogP contribution in [0.15, 0.2) is 48.5 Å². The van der Waals surface area contributed by atoms with Gasteiger partial charge in [-0.25, -0.2) is 8.42 Å². The van der Waals surface area contributed by atoms with Gasteiger partial charge in [-0.3, -0.25) is 9.10 Å². The van der Waals surface area contributed by atoms with Gasteiger partial charge >= 0.3 is 0 Å². The molecule has 1 amide bonds. The van der Waals surface area contributed by atoms with Crippen molar-refractivity contribution in [3.05, 3.63) is 59.1 Å². The van der Waals surface area contributed by atoms with Gasteiger partial charge in [0.15, 0.2) is 0 Å². The Labute approximate surface area is 147 Å². The number of hydrogen-bond acceptors (Lipinski definition) is 3. The molecule has 0 atom stereocenters. The first kappa shape index (κ1) is 18.3. The molecule has 0 spiro atoms. The molecule has 128 valence electrons. The van der Waals surface area contributed by atoms with E-state index in [1.165, 1.54) is 4.31 Å². The molecular formula is C17H19ClN2O3S. The lowest BCUT2D eigenvalue weighted by Gasteiger charge is -2.22. The van der Waals surface area contributed by atoms with E-state index in [-0.39, 0.29) is 18.9 Å². The monoisotopic (exact) mass is 366 g/mol. The predicted molar refractivity (Wildman–Crippen MR) is 98.1 cm³/mol. The summed E-state index contributed by atoms with van der Waals surface area (Å²) in [4.78, 5) is 12.1. The average molecular weight is 367 g/mol. The maximum atomic E-state index is 12.1. The molecule has 0 heterocycles. The van der Waals surface area contributed by atoms with Gasteiger partial charge in [-0.1, -0.05) is 29.8 Å². The van der Waals surface area contributed by atoms with E-state index in [9.17, 15) is 13.2 Å². The standard InChI is InChI=1S/C17H19ClN2O3S/c1-13-5-3-7-15(11-13)19-17(21)9-10-20(24(2,22)23)16-8-4-6-14(18)12-16/h3-8,11-12H,9-10H2,1-2H3,(H,19,21). The van der Waals surface area contributed by atoms with Crippen LogP contribution in [-0.4, -0.2) is 27.1 Å². The number of sulfonamides is 1. The van der Waals surface area contributed by atoms with Crippen LogP contribution in [-0.2, 0) is 14.8 Å². The van der Waals surface area contributed by atoms with Gasteiger partial charge in [0, 0.05) is 23.7 Å². The number of amides is 1. The number of halogens is 1. The van der Waals surface area contributed by atoms with Gasteiger partial charge in [0.2, 0.25) is 15.9 Å². The zero-order chi connectivity index (χ0) is 17.7.